The molecule has 0 aliphatic heterocycles. The first-order valence-corrected chi connectivity index (χ1v) is 11.6. The van der Waals surface area contributed by atoms with Gasteiger partial charge in [0.25, 0.3) is 0 Å². The van der Waals surface area contributed by atoms with E-state index in [2.05, 4.69) is 4.74 Å². The van der Waals surface area contributed by atoms with Crippen molar-refractivity contribution < 1.29 is 67.3 Å². The van der Waals surface area contributed by atoms with E-state index in [9.17, 15) is 57.8 Å². The maximum Gasteiger partial charge on any atom is 0.460 e. The van der Waals surface area contributed by atoms with Crippen LogP contribution in [0.4, 0.5) is 58.4 Å². The SMILES string of the molecule is O[C@H](CN(Cc1cccc(C(F)(F)C(F)(F)C(F)(F)F)c1)c1cccc(Oc2cccc(OC(F)F)c2)c1)C(F)(F)F. The molecule has 0 aliphatic carbocycles. The van der Waals surface area contributed by atoms with Crippen molar-refractivity contribution in [3.05, 3.63) is 83.9 Å². The summed E-state index contributed by atoms with van der Waals surface area (Å²) in [6.45, 7) is -5.13. The third-order valence-electron chi connectivity index (χ3n) is 5.63. The molecule has 0 amide bonds. The van der Waals surface area contributed by atoms with Crippen LogP contribution in [0.1, 0.15) is 11.1 Å². The molecule has 3 aromatic rings. The molecular weight excluding hydrogens is 602 g/mol. The fraction of sp³-hybridized carbons (Fsp3) is 0.308. The van der Waals surface area contributed by atoms with Crippen LogP contribution < -0.4 is 14.4 Å². The second-order valence-corrected chi connectivity index (χ2v) is 8.74. The van der Waals surface area contributed by atoms with Gasteiger partial charge in [-0.15, -0.1) is 0 Å². The van der Waals surface area contributed by atoms with E-state index >= 15 is 0 Å². The highest BCUT2D eigenvalue weighted by Crippen LogP contribution is 2.51. The van der Waals surface area contributed by atoms with Crippen LogP contribution >= 0.6 is 0 Å². The molecule has 0 radical (unpaired) electrons. The highest BCUT2D eigenvalue weighted by Gasteiger charge is 2.73. The van der Waals surface area contributed by atoms with Crippen molar-refractivity contribution in [3.8, 4) is 17.2 Å². The maximum atomic E-state index is 14.3. The minimum absolute atomic E-state index is 0.0345. The number of nitrogens with zero attached hydrogens (tertiary/aromatic N) is 1. The van der Waals surface area contributed by atoms with E-state index < -0.39 is 61.1 Å². The summed E-state index contributed by atoms with van der Waals surface area (Å²) in [5, 5.41) is 9.67. The molecule has 0 unspecified atom stereocenters. The first-order chi connectivity index (χ1) is 19.3. The number of anilines is 1. The minimum atomic E-state index is -6.61. The zero-order valence-electron chi connectivity index (χ0n) is 20.7. The Hall–Kier alpha value is -3.82. The van der Waals surface area contributed by atoms with Crippen LogP contribution in [0.15, 0.2) is 72.8 Å². The van der Waals surface area contributed by atoms with E-state index in [1.807, 2.05) is 0 Å². The molecule has 1 atom stereocenters. The van der Waals surface area contributed by atoms with Gasteiger partial charge < -0.3 is 19.5 Å². The van der Waals surface area contributed by atoms with Gasteiger partial charge in [-0.05, 0) is 35.9 Å². The van der Waals surface area contributed by atoms with Crippen molar-refractivity contribution >= 4 is 5.69 Å². The number of alkyl halides is 12. The highest BCUT2D eigenvalue weighted by molar-refractivity contribution is 5.52. The van der Waals surface area contributed by atoms with Crippen LogP contribution in [-0.2, 0) is 12.5 Å². The van der Waals surface area contributed by atoms with Gasteiger partial charge in [-0.2, -0.15) is 52.7 Å². The van der Waals surface area contributed by atoms with Gasteiger partial charge in [0.05, 0.1) is 6.54 Å². The van der Waals surface area contributed by atoms with Crippen molar-refractivity contribution in [1.82, 2.24) is 0 Å². The van der Waals surface area contributed by atoms with Gasteiger partial charge in [0.1, 0.15) is 17.2 Å². The Labute approximate surface area is 229 Å². The largest absolute Gasteiger partial charge is 0.460 e. The van der Waals surface area contributed by atoms with E-state index in [1.54, 1.807) is 0 Å². The number of rotatable bonds is 11. The topological polar surface area (TPSA) is 41.9 Å². The summed E-state index contributed by atoms with van der Waals surface area (Å²) in [5.41, 5.74) is -2.28. The van der Waals surface area contributed by atoms with Crippen LogP contribution in [0, 0.1) is 0 Å². The molecule has 42 heavy (non-hydrogen) atoms. The molecule has 0 aliphatic rings. The number of halogens is 12. The van der Waals surface area contributed by atoms with Crippen molar-refractivity contribution in [2.24, 2.45) is 0 Å². The van der Waals surface area contributed by atoms with E-state index in [1.165, 1.54) is 36.4 Å². The quantitative estimate of drug-likeness (QED) is 0.219. The summed E-state index contributed by atoms with van der Waals surface area (Å²) >= 11 is 0. The maximum absolute atomic E-state index is 14.3. The molecule has 0 spiro atoms. The fourth-order valence-corrected chi connectivity index (χ4v) is 3.61. The van der Waals surface area contributed by atoms with E-state index in [4.69, 9.17) is 4.74 Å². The molecule has 4 nitrogen and oxygen atoms in total. The molecule has 3 aromatic carbocycles. The van der Waals surface area contributed by atoms with Gasteiger partial charge in [-0.1, -0.05) is 30.3 Å². The molecule has 0 bridgehead atoms. The molecular formula is C26H19F12NO3. The summed E-state index contributed by atoms with van der Waals surface area (Å²) in [7, 11) is 0. The van der Waals surface area contributed by atoms with Crippen LogP contribution in [0.5, 0.6) is 17.2 Å². The lowest BCUT2D eigenvalue weighted by Crippen LogP contribution is -2.50. The van der Waals surface area contributed by atoms with E-state index in [-0.39, 0.29) is 29.0 Å². The van der Waals surface area contributed by atoms with Gasteiger partial charge in [0, 0.05) is 29.9 Å². The van der Waals surface area contributed by atoms with Gasteiger partial charge in [-0.25, -0.2) is 0 Å². The lowest BCUT2D eigenvalue weighted by atomic mass is 9.99. The smallest absolute Gasteiger partial charge is 0.457 e. The average Bonchev–Trinajstić information content (AvgIpc) is 2.87. The lowest BCUT2D eigenvalue weighted by Gasteiger charge is -2.30. The molecule has 0 saturated carbocycles. The zero-order chi connectivity index (χ0) is 31.5. The number of hydrogen-bond donors (Lipinski definition) is 1. The second kappa shape index (κ2) is 12.2. The number of hydrogen-bond acceptors (Lipinski definition) is 4. The Morgan fingerprint density at radius 1 is 0.714 bits per heavy atom. The predicted molar refractivity (Wildman–Crippen MR) is 124 cm³/mol. The average molecular weight is 621 g/mol. The van der Waals surface area contributed by atoms with Gasteiger partial charge in [-0.3, -0.25) is 0 Å². The van der Waals surface area contributed by atoms with Crippen molar-refractivity contribution in [1.29, 1.82) is 0 Å². The Kier molecular flexibility index (Phi) is 9.49. The van der Waals surface area contributed by atoms with Crippen molar-refractivity contribution in [3.63, 3.8) is 0 Å². The highest BCUT2D eigenvalue weighted by atomic mass is 19.4. The van der Waals surface area contributed by atoms with Crippen LogP contribution in [0.25, 0.3) is 0 Å². The van der Waals surface area contributed by atoms with Crippen LogP contribution in [0.3, 0.4) is 0 Å². The summed E-state index contributed by atoms with van der Waals surface area (Å²) in [4.78, 5) is 0.792. The Morgan fingerprint density at radius 3 is 1.88 bits per heavy atom. The summed E-state index contributed by atoms with van der Waals surface area (Å²) in [6, 6.07) is 12.1. The fourth-order valence-electron chi connectivity index (χ4n) is 3.61. The molecule has 0 fully saturated rings. The molecule has 0 aromatic heterocycles. The van der Waals surface area contributed by atoms with Crippen LogP contribution in [0.2, 0.25) is 0 Å². The molecule has 0 saturated heterocycles. The van der Waals surface area contributed by atoms with Crippen molar-refractivity contribution in [2.75, 3.05) is 11.4 Å². The minimum Gasteiger partial charge on any atom is -0.457 e. The number of aliphatic hydroxyl groups is 1. The predicted octanol–water partition coefficient (Wildman–Crippen LogP) is 8.30. The molecule has 3 rings (SSSR count). The third kappa shape index (κ3) is 7.72. The lowest BCUT2D eigenvalue weighted by molar-refractivity contribution is -0.359. The number of ether oxygens (including phenoxy) is 2. The normalized spacial score (nSPS) is 13.7. The Bertz CT molecular complexity index is 1340. The molecule has 16 heteroatoms. The standard InChI is InChI=1S/C26H19F12NO3/c27-22(28)42-20-9-3-8-19(12-20)41-18-7-2-6-17(11-18)39(14-21(40)24(31,32)33)13-15-4-1-5-16(10-15)23(29,30)25(34,35)26(36,37)38/h1-12,21-22,40H,13-14H2/t21-/m1/s1. The van der Waals surface area contributed by atoms with E-state index in [0.717, 1.165) is 29.2 Å². The number of benzene rings is 3. The number of aliphatic hydroxyl groups excluding tert-OH is 1. The van der Waals surface area contributed by atoms with Crippen LogP contribution in [-0.4, -0.2) is 42.6 Å². The van der Waals surface area contributed by atoms with Gasteiger partial charge >= 0.3 is 30.8 Å². The second-order valence-electron chi connectivity index (χ2n) is 8.74. The van der Waals surface area contributed by atoms with Gasteiger partial charge in [0.15, 0.2) is 6.10 Å². The Balaban J connectivity index is 1.95. The van der Waals surface area contributed by atoms with Gasteiger partial charge in [0.2, 0.25) is 0 Å². The molecule has 1 N–H and O–H groups in total. The van der Waals surface area contributed by atoms with E-state index in [0.29, 0.717) is 6.07 Å². The zero-order valence-corrected chi connectivity index (χ0v) is 20.7. The summed E-state index contributed by atoms with van der Waals surface area (Å²) in [6.07, 6.45) is -14.8. The first-order valence-electron chi connectivity index (χ1n) is 11.6. The van der Waals surface area contributed by atoms with Crippen molar-refractivity contribution in [2.45, 2.75) is 43.5 Å². The monoisotopic (exact) mass is 621 g/mol. The first kappa shape index (κ1) is 32.7. The third-order valence-corrected chi connectivity index (χ3v) is 5.63. The Morgan fingerprint density at radius 2 is 1.29 bits per heavy atom. The molecule has 230 valence electrons. The molecule has 0 heterocycles. The summed E-state index contributed by atoms with van der Waals surface area (Å²) in [5.74, 6) is -12.6. The summed E-state index contributed by atoms with van der Waals surface area (Å²) < 4.78 is 168.